The minimum absolute atomic E-state index is 0.00690. The average molecular weight is 388 g/mol. The summed E-state index contributed by atoms with van der Waals surface area (Å²) in [6.07, 6.45) is 1.69. The second kappa shape index (κ2) is 6.89. The van der Waals surface area contributed by atoms with E-state index in [0.29, 0.717) is 4.47 Å². The molecule has 0 saturated heterocycles. The standard InChI is InChI=1S/C13H8BrF2N3O2S/c1-22-13-18-10(8(5-17)11(20)19-13)7-4-6(14)2-3-9(7)21-12(15)16/h2-4,12H,1H3,(H,18,19,20). The molecule has 0 atom stereocenters. The number of hydrogen-bond acceptors (Lipinski definition) is 5. The summed E-state index contributed by atoms with van der Waals surface area (Å²) in [4.78, 5) is 18.5. The number of aromatic nitrogens is 2. The lowest BCUT2D eigenvalue weighted by Crippen LogP contribution is -2.15. The van der Waals surface area contributed by atoms with Crippen LogP contribution in [0.1, 0.15) is 5.56 Å². The highest BCUT2D eigenvalue weighted by Gasteiger charge is 2.19. The van der Waals surface area contributed by atoms with Gasteiger partial charge < -0.3 is 9.72 Å². The second-order valence-corrected chi connectivity index (χ2v) is 5.64. The molecule has 0 aliphatic rings. The van der Waals surface area contributed by atoms with E-state index in [9.17, 15) is 13.6 Å². The van der Waals surface area contributed by atoms with E-state index in [-0.39, 0.29) is 27.7 Å². The Bertz CT molecular complexity index is 805. The summed E-state index contributed by atoms with van der Waals surface area (Å²) >= 11 is 4.37. The highest BCUT2D eigenvalue weighted by atomic mass is 79.9. The van der Waals surface area contributed by atoms with Gasteiger partial charge >= 0.3 is 6.61 Å². The Kier molecular flexibility index (Phi) is 5.15. The fourth-order valence-electron chi connectivity index (χ4n) is 1.73. The van der Waals surface area contributed by atoms with Crippen LogP contribution >= 0.6 is 27.7 Å². The predicted octanol–water partition coefficient (Wildman–Crippen LogP) is 3.39. The van der Waals surface area contributed by atoms with Gasteiger partial charge in [0.05, 0.1) is 0 Å². The van der Waals surface area contributed by atoms with Crippen molar-refractivity contribution in [2.24, 2.45) is 0 Å². The van der Waals surface area contributed by atoms with Gasteiger partial charge in [-0.1, -0.05) is 27.7 Å². The van der Waals surface area contributed by atoms with Gasteiger partial charge in [0.2, 0.25) is 0 Å². The van der Waals surface area contributed by atoms with E-state index >= 15 is 0 Å². The molecular weight excluding hydrogens is 380 g/mol. The molecule has 0 amide bonds. The Hall–Kier alpha value is -1.92. The van der Waals surface area contributed by atoms with Crippen molar-refractivity contribution >= 4 is 27.7 Å². The van der Waals surface area contributed by atoms with Gasteiger partial charge in [0.25, 0.3) is 5.56 Å². The van der Waals surface area contributed by atoms with Crippen molar-refractivity contribution in [2.45, 2.75) is 11.8 Å². The molecule has 0 saturated carbocycles. The van der Waals surface area contributed by atoms with E-state index < -0.39 is 12.2 Å². The van der Waals surface area contributed by atoms with E-state index in [4.69, 9.17) is 5.26 Å². The number of hydrogen-bond donors (Lipinski definition) is 1. The lowest BCUT2D eigenvalue weighted by Gasteiger charge is -2.12. The Balaban J connectivity index is 2.75. The number of rotatable bonds is 4. The van der Waals surface area contributed by atoms with Crippen LogP contribution in [0, 0.1) is 11.3 Å². The molecule has 0 aliphatic heterocycles. The first kappa shape index (κ1) is 16.5. The molecule has 1 aromatic heterocycles. The number of halogens is 3. The highest BCUT2D eigenvalue weighted by molar-refractivity contribution is 9.10. The largest absolute Gasteiger partial charge is 0.434 e. The molecule has 0 spiro atoms. The maximum atomic E-state index is 12.5. The van der Waals surface area contributed by atoms with Gasteiger partial charge in [-0.15, -0.1) is 0 Å². The van der Waals surface area contributed by atoms with Crippen molar-refractivity contribution < 1.29 is 13.5 Å². The van der Waals surface area contributed by atoms with Crippen LogP contribution < -0.4 is 10.3 Å². The van der Waals surface area contributed by atoms with Crippen molar-refractivity contribution in [1.82, 2.24) is 9.97 Å². The molecule has 1 aromatic carbocycles. The third-order valence-corrected chi connectivity index (χ3v) is 3.69. The molecule has 1 heterocycles. The Morgan fingerprint density at radius 1 is 1.50 bits per heavy atom. The van der Waals surface area contributed by atoms with E-state index in [1.54, 1.807) is 12.3 Å². The molecule has 0 aliphatic carbocycles. The summed E-state index contributed by atoms with van der Waals surface area (Å²) < 4.78 is 30.1. The molecule has 5 nitrogen and oxygen atoms in total. The fraction of sp³-hybridized carbons (Fsp3) is 0.154. The molecule has 0 bridgehead atoms. The first-order valence-corrected chi connectivity index (χ1v) is 7.81. The van der Waals surface area contributed by atoms with E-state index in [1.165, 1.54) is 18.2 Å². The molecule has 0 radical (unpaired) electrons. The van der Waals surface area contributed by atoms with Crippen LogP contribution in [0.25, 0.3) is 11.3 Å². The number of nitrogens with zero attached hydrogens (tertiary/aromatic N) is 2. The summed E-state index contributed by atoms with van der Waals surface area (Å²) in [5, 5.41) is 9.41. The molecule has 114 valence electrons. The average Bonchev–Trinajstić information content (AvgIpc) is 2.47. The molecule has 1 N–H and O–H groups in total. The number of alkyl halides is 2. The second-order valence-electron chi connectivity index (χ2n) is 3.93. The monoisotopic (exact) mass is 387 g/mol. The number of nitrogens with one attached hydrogen (secondary N) is 1. The summed E-state index contributed by atoms with van der Waals surface area (Å²) in [7, 11) is 0. The van der Waals surface area contributed by atoms with Gasteiger partial charge in [-0.05, 0) is 24.5 Å². The van der Waals surface area contributed by atoms with Crippen LogP contribution in [0.4, 0.5) is 8.78 Å². The molecule has 2 aromatic rings. The normalized spacial score (nSPS) is 10.5. The van der Waals surface area contributed by atoms with Crippen LogP contribution in [0.2, 0.25) is 0 Å². The van der Waals surface area contributed by atoms with Gasteiger partial charge in [0, 0.05) is 10.0 Å². The maximum Gasteiger partial charge on any atom is 0.387 e. The molecule has 9 heteroatoms. The van der Waals surface area contributed by atoms with Gasteiger partial charge in [0.1, 0.15) is 23.1 Å². The molecule has 22 heavy (non-hydrogen) atoms. The summed E-state index contributed by atoms with van der Waals surface area (Å²) in [5.74, 6) is -0.167. The number of H-pyrrole nitrogens is 1. The maximum absolute atomic E-state index is 12.5. The van der Waals surface area contributed by atoms with Crippen LogP contribution in [-0.4, -0.2) is 22.8 Å². The topological polar surface area (TPSA) is 78.8 Å². The molecule has 0 fully saturated rings. The SMILES string of the molecule is CSc1nc(-c2cc(Br)ccc2OC(F)F)c(C#N)c(=O)[nH]1. The van der Waals surface area contributed by atoms with Crippen molar-refractivity contribution in [3.05, 3.63) is 38.6 Å². The van der Waals surface area contributed by atoms with E-state index in [1.807, 2.05) is 0 Å². The highest BCUT2D eigenvalue weighted by Crippen LogP contribution is 2.34. The van der Waals surface area contributed by atoms with Crippen molar-refractivity contribution in [3.8, 4) is 23.1 Å². The predicted molar refractivity (Wildman–Crippen MR) is 81.1 cm³/mol. The Morgan fingerprint density at radius 2 is 2.23 bits per heavy atom. The lowest BCUT2D eigenvalue weighted by atomic mass is 10.1. The van der Waals surface area contributed by atoms with Crippen LogP contribution in [0.5, 0.6) is 5.75 Å². The van der Waals surface area contributed by atoms with Crippen LogP contribution in [0.3, 0.4) is 0 Å². The molecular formula is C13H8BrF2N3O2S. The fourth-order valence-corrected chi connectivity index (χ4v) is 2.47. The van der Waals surface area contributed by atoms with Crippen LogP contribution in [0.15, 0.2) is 32.6 Å². The number of ether oxygens (including phenoxy) is 1. The zero-order valence-corrected chi connectivity index (χ0v) is 13.5. The number of nitriles is 1. The quantitative estimate of drug-likeness (QED) is 0.642. The smallest absolute Gasteiger partial charge is 0.387 e. The van der Waals surface area contributed by atoms with Gasteiger partial charge in [-0.2, -0.15) is 14.0 Å². The lowest BCUT2D eigenvalue weighted by molar-refractivity contribution is -0.0494. The summed E-state index contributed by atoms with van der Waals surface area (Å²) in [6.45, 7) is -3.03. The number of benzene rings is 1. The van der Waals surface area contributed by atoms with Crippen LogP contribution in [-0.2, 0) is 0 Å². The molecule has 0 unspecified atom stereocenters. The first-order chi connectivity index (χ1) is 10.5. The zero-order valence-electron chi connectivity index (χ0n) is 11.1. The zero-order chi connectivity index (χ0) is 16.3. The van der Waals surface area contributed by atoms with Crippen molar-refractivity contribution in [1.29, 1.82) is 5.26 Å². The van der Waals surface area contributed by atoms with Crippen molar-refractivity contribution in [3.63, 3.8) is 0 Å². The Labute approximate surface area is 136 Å². The van der Waals surface area contributed by atoms with E-state index in [2.05, 4.69) is 30.6 Å². The number of thioether (sulfide) groups is 1. The first-order valence-electron chi connectivity index (χ1n) is 5.79. The van der Waals surface area contributed by atoms with Gasteiger partial charge in [-0.3, -0.25) is 4.79 Å². The number of aromatic amines is 1. The van der Waals surface area contributed by atoms with Gasteiger partial charge in [-0.25, -0.2) is 4.98 Å². The van der Waals surface area contributed by atoms with Crippen molar-refractivity contribution in [2.75, 3.05) is 6.26 Å². The van der Waals surface area contributed by atoms with E-state index in [0.717, 1.165) is 11.8 Å². The molecule has 2 rings (SSSR count). The summed E-state index contributed by atoms with van der Waals surface area (Å²) in [5.41, 5.74) is -0.782. The third-order valence-electron chi connectivity index (χ3n) is 2.62. The summed E-state index contributed by atoms with van der Waals surface area (Å²) in [6, 6.07) is 6.03. The Morgan fingerprint density at radius 3 is 2.82 bits per heavy atom. The van der Waals surface area contributed by atoms with Gasteiger partial charge in [0.15, 0.2) is 5.16 Å². The third kappa shape index (κ3) is 3.45. The minimum Gasteiger partial charge on any atom is -0.434 e. The minimum atomic E-state index is -3.03.